The summed E-state index contributed by atoms with van der Waals surface area (Å²) >= 11 is 3.46. The number of halogens is 1. The molecule has 1 aliphatic carbocycles. The van der Waals surface area contributed by atoms with Crippen LogP contribution in [-0.4, -0.2) is 9.78 Å². The van der Waals surface area contributed by atoms with E-state index in [0.29, 0.717) is 0 Å². The first-order chi connectivity index (χ1) is 6.81. The van der Waals surface area contributed by atoms with Crippen LogP contribution < -0.4 is 0 Å². The maximum absolute atomic E-state index is 4.54. The summed E-state index contributed by atoms with van der Waals surface area (Å²) in [5.74, 6) is 0.882. The van der Waals surface area contributed by atoms with Crippen molar-refractivity contribution in [1.29, 1.82) is 0 Å². The van der Waals surface area contributed by atoms with Gasteiger partial charge >= 0.3 is 0 Å². The molecule has 14 heavy (non-hydrogen) atoms. The van der Waals surface area contributed by atoms with Crippen molar-refractivity contribution < 1.29 is 0 Å². The Kier molecular flexibility index (Phi) is 1.87. The first-order valence-electron chi connectivity index (χ1n) is 4.94. The van der Waals surface area contributed by atoms with E-state index in [9.17, 15) is 0 Å². The van der Waals surface area contributed by atoms with Crippen LogP contribution >= 0.6 is 15.9 Å². The lowest BCUT2D eigenvalue weighted by atomic mass is 10.3. The summed E-state index contributed by atoms with van der Waals surface area (Å²) in [7, 11) is 0. The minimum atomic E-state index is 0.882. The molecule has 1 heterocycles. The third kappa shape index (κ3) is 1.57. The molecule has 0 unspecified atom stereocenters. The van der Waals surface area contributed by atoms with Gasteiger partial charge in [0, 0.05) is 22.6 Å². The lowest BCUT2D eigenvalue weighted by Crippen LogP contribution is -1.99. The Morgan fingerprint density at radius 2 is 2.29 bits per heavy atom. The van der Waals surface area contributed by atoms with Gasteiger partial charge in [-0.1, -0.05) is 22.0 Å². The SMILES string of the molecule is Brc1ccc2cn(CC3CC3)nc2c1. The van der Waals surface area contributed by atoms with Crippen LogP contribution in [0.25, 0.3) is 10.9 Å². The van der Waals surface area contributed by atoms with Gasteiger partial charge in [0.05, 0.1) is 5.52 Å². The van der Waals surface area contributed by atoms with Crippen LogP contribution in [0.2, 0.25) is 0 Å². The van der Waals surface area contributed by atoms with Crippen LogP contribution in [0.4, 0.5) is 0 Å². The molecule has 0 amide bonds. The van der Waals surface area contributed by atoms with Crippen LogP contribution in [0.5, 0.6) is 0 Å². The normalized spacial score (nSPS) is 16.4. The summed E-state index contributed by atoms with van der Waals surface area (Å²) in [5.41, 5.74) is 1.08. The quantitative estimate of drug-likeness (QED) is 0.801. The van der Waals surface area contributed by atoms with Crippen molar-refractivity contribution in [3.63, 3.8) is 0 Å². The first-order valence-corrected chi connectivity index (χ1v) is 5.73. The summed E-state index contributed by atoms with van der Waals surface area (Å²) < 4.78 is 3.18. The largest absolute Gasteiger partial charge is 0.271 e. The molecule has 0 aliphatic heterocycles. The van der Waals surface area contributed by atoms with Gasteiger partial charge in [-0.2, -0.15) is 5.10 Å². The van der Waals surface area contributed by atoms with Crippen LogP contribution in [0.3, 0.4) is 0 Å². The lowest BCUT2D eigenvalue weighted by molar-refractivity contribution is 0.568. The van der Waals surface area contributed by atoms with Crippen molar-refractivity contribution in [2.45, 2.75) is 19.4 Å². The molecular weight excluding hydrogens is 240 g/mol. The van der Waals surface area contributed by atoms with E-state index in [1.165, 1.54) is 18.2 Å². The molecule has 0 saturated heterocycles. The minimum absolute atomic E-state index is 0.882. The van der Waals surface area contributed by atoms with Crippen LogP contribution in [0, 0.1) is 5.92 Å². The smallest absolute Gasteiger partial charge is 0.0934 e. The summed E-state index contributed by atoms with van der Waals surface area (Å²) in [5, 5.41) is 5.77. The summed E-state index contributed by atoms with van der Waals surface area (Å²) in [6.07, 6.45) is 4.89. The van der Waals surface area contributed by atoms with Crippen molar-refractivity contribution in [3.05, 3.63) is 28.9 Å². The molecular formula is C11H11BrN2. The van der Waals surface area contributed by atoms with Gasteiger partial charge in [-0.3, -0.25) is 4.68 Å². The van der Waals surface area contributed by atoms with E-state index < -0.39 is 0 Å². The van der Waals surface area contributed by atoms with Gasteiger partial charge < -0.3 is 0 Å². The monoisotopic (exact) mass is 250 g/mol. The standard InChI is InChI=1S/C11H11BrN2/c12-10-4-3-9-7-14(6-8-1-2-8)13-11(9)5-10/h3-5,7-8H,1-2,6H2. The number of hydrogen-bond donors (Lipinski definition) is 0. The predicted molar refractivity (Wildman–Crippen MR) is 60.2 cm³/mol. The fourth-order valence-corrected chi connectivity index (χ4v) is 2.05. The van der Waals surface area contributed by atoms with E-state index in [1.54, 1.807) is 0 Å². The molecule has 1 aliphatic rings. The maximum Gasteiger partial charge on any atom is 0.0934 e. The number of rotatable bonds is 2. The van der Waals surface area contributed by atoms with Crippen molar-refractivity contribution >= 4 is 26.8 Å². The molecule has 1 fully saturated rings. The Bertz CT molecular complexity index is 471. The van der Waals surface area contributed by atoms with Crippen LogP contribution in [0.1, 0.15) is 12.8 Å². The van der Waals surface area contributed by atoms with Crippen molar-refractivity contribution in [2.75, 3.05) is 0 Å². The number of aromatic nitrogens is 2. The Morgan fingerprint density at radius 1 is 1.43 bits per heavy atom. The Labute approximate surface area is 91.0 Å². The van der Waals surface area contributed by atoms with Gasteiger partial charge in [-0.05, 0) is 30.9 Å². The molecule has 3 rings (SSSR count). The van der Waals surface area contributed by atoms with Gasteiger partial charge in [-0.25, -0.2) is 0 Å². The average Bonchev–Trinajstić information content (AvgIpc) is 2.84. The van der Waals surface area contributed by atoms with Gasteiger partial charge in [-0.15, -0.1) is 0 Å². The van der Waals surface area contributed by atoms with E-state index in [1.807, 2.05) is 0 Å². The van der Waals surface area contributed by atoms with Gasteiger partial charge in [0.15, 0.2) is 0 Å². The Balaban J connectivity index is 2.01. The Morgan fingerprint density at radius 3 is 3.07 bits per heavy atom. The highest BCUT2D eigenvalue weighted by Gasteiger charge is 2.21. The second kappa shape index (κ2) is 3.09. The van der Waals surface area contributed by atoms with Crippen LogP contribution in [0.15, 0.2) is 28.9 Å². The molecule has 72 valence electrons. The van der Waals surface area contributed by atoms with E-state index in [0.717, 1.165) is 22.5 Å². The molecule has 1 aromatic carbocycles. The summed E-state index contributed by atoms with van der Waals surface area (Å²) in [6.45, 7) is 1.09. The fourth-order valence-electron chi connectivity index (χ4n) is 1.70. The zero-order valence-electron chi connectivity index (χ0n) is 7.78. The highest BCUT2D eigenvalue weighted by atomic mass is 79.9. The average molecular weight is 251 g/mol. The van der Waals surface area contributed by atoms with E-state index in [2.05, 4.69) is 50.1 Å². The summed E-state index contributed by atoms with van der Waals surface area (Å²) in [6, 6.07) is 6.24. The summed E-state index contributed by atoms with van der Waals surface area (Å²) in [4.78, 5) is 0. The maximum atomic E-state index is 4.54. The molecule has 2 aromatic rings. The van der Waals surface area contributed by atoms with E-state index in [4.69, 9.17) is 0 Å². The topological polar surface area (TPSA) is 17.8 Å². The third-order valence-corrected chi connectivity index (χ3v) is 3.15. The van der Waals surface area contributed by atoms with Crippen molar-refractivity contribution in [1.82, 2.24) is 9.78 Å². The Hall–Kier alpha value is -0.830. The van der Waals surface area contributed by atoms with Crippen LogP contribution in [-0.2, 0) is 6.54 Å². The van der Waals surface area contributed by atoms with Gasteiger partial charge in [0.1, 0.15) is 0 Å². The molecule has 0 radical (unpaired) electrons. The number of hydrogen-bond acceptors (Lipinski definition) is 1. The molecule has 1 saturated carbocycles. The molecule has 0 N–H and O–H groups in total. The highest BCUT2D eigenvalue weighted by Crippen LogP contribution is 2.30. The first kappa shape index (κ1) is 8.48. The lowest BCUT2D eigenvalue weighted by Gasteiger charge is -1.95. The molecule has 0 atom stereocenters. The second-order valence-electron chi connectivity index (χ2n) is 4.00. The highest BCUT2D eigenvalue weighted by molar-refractivity contribution is 9.10. The molecule has 1 aromatic heterocycles. The fraction of sp³-hybridized carbons (Fsp3) is 0.364. The molecule has 3 heteroatoms. The zero-order valence-corrected chi connectivity index (χ0v) is 9.37. The van der Waals surface area contributed by atoms with E-state index >= 15 is 0 Å². The number of fused-ring (bicyclic) bond motifs is 1. The second-order valence-corrected chi connectivity index (χ2v) is 4.91. The number of nitrogens with zero attached hydrogens (tertiary/aromatic N) is 2. The predicted octanol–water partition coefficient (Wildman–Crippen LogP) is 3.21. The molecule has 0 spiro atoms. The van der Waals surface area contributed by atoms with Crippen molar-refractivity contribution in [2.24, 2.45) is 5.92 Å². The molecule has 0 bridgehead atoms. The van der Waals surface area contributed by atoms with E-state index in [-0.39, 0.29) is 0 Å². The third-order valence-electron chi connectivity index (χ3n) is 2.66. The zero-order chi connectivity index (χ0) is 9.54. The number of benzene rings is 1. The minimum Gasteiger partial charge on any atom is -0.271 e. The van der Waals surface area contributed by atoms with Gasteiger partial charge in [0.2, 0.25) is 0 Å². The van der Waals surface area contributed by atoms with Gasteiger partial charge in [0.25, 0.3) is 0 Å². The molecule has 2 nitrogen and oxygen atoms in total. The van der Waals surface area contributed by atoms with Crippen molar-refractivity contribution in [3.8, 4) is 0 Å².